The minimum Gasteiger partial charge on any atom is -0.294 e. The summed E-state index contributed by atoms with van der Waals surface area (Å²) in [5, 5.41) is 2.95. The van der Waals surface area contributed by atoms with E-state index in [0.29, 0.717) is 6.42 Å². The van der Waals surface area contributed by atoms with Crippen LogP contribution in [0.2, 0.25) is 0 Å². The molecular formula is C16H12BrNOS2. The number of halogens is 1. The first-order chi connectivity index (χ1) is 10.1. The van der Waals surface area contributed by atoms with E-state index >= 15 is 0 Å². The Labute approximate surface area is 139 Å². The largest absolute Gasteiger partial charge is 0.294 e. The molecule has 0 amide bonds. The molecule has 0 unspecified atom stereocenters. The lowest BCUT2D eigenvalue weighted by Crippen LogP contribution is -2.03. The Morgan fingerprint density at radius 1 is 1.29 bits per heavy atom. The normalized spacial score (nSPS) is 10.8. The van der Waals surface area contributed by atoms with Gasteiger partial charge < -0.3 is 0 Å². The van der Waals surface area contributed by atoms with Gasteiger partial charge in [-0.1, -0.05) is 30.3 Å². The third kappa shape index (κ3) is 3.31. The fraction of sp³-hybridized carbons (Fsp3) is 0.125. The molecule has 3 aromatic rings. The molecule has 3 rings (SSSR count). The number of ketones is 1. The second-order valence-corrected chi connectivity index (χ2v) is 7.59. The van der Waals surface area contributed by atoms with Gasteiger partial charge in [0, 0.05) is 20.3 Å². The Morgan fingerprint density at radius 2 is 2.05 bits per heavy atom. The molecule has 0 spiro atoms. The predicted octanol–water partition coefficient (Wildman–Crippen LogP) is 5.37. The maximum atomic E-state index is 12.2. The van der Waals surface area contributed by atoms with Crippen LogP contribution in [0.1, 0.15) is 20.9 Å². The van der Waals surface area contributed by atoms with Crippen molar-refractivity contribution in [2.75, 3.05) is 0 Å². The molecule has 2 nitrogen and oxygen atoms in total. The number of hydrogen-bond donors (Lipinski definition) is 0. The van der Waals surface area contributed by atoms with Crippen LogP contribution in [-0.2, 0) is 6.42 Å². The monoisotopic (exact) mass is 377 g/mol. The van der Waals surface area contributed by atoms with Gasteiger partial charge in [0.1, 0.15) is 5.01 Å². The van der Waals surface area contributed by atoms with Crippen LogP contribution in [0.25, 0.3) is 9.88 Å². The fourth-order valence-electron chi connectivity index (χ4n) is 1.96. The Balaban J connectivity index is 1.78. The number of rotatable bonds is 4. The van der Waals surface area contributed by atoms with E-state index in [1.54, 1.807) is 22.7 Å². The summed E-state index contributed by atoms with van der Waals surface area (Å²) in [6.07, 6.45) is 0.353. The average molecular weight is 378 g/mol. The summed E-state index contributed by atoms with van der Waals surface area (Å²) in [4.78, 5) is 19.1. The van der Waals surface area contributed by atoms with Gasteiger partial charge in [0.2, 0.25) is 0 Å². The standard InChI is InChI=1S/C16H12BrNOS2/c1-10-13(17)8-15(21-10)16-18-12(9-20-16)7-14(19)11-5-3-2-4-6-11/h2-6,8-9H,7H2,1H3. The van der Waals surface area contributed by atoms with Crippen molar-refractivity contribution < 1.29 is 4.79 Å². The molecule has 0 atom stereocenters. The van der Waals surface area contributed by atoms with E-state index in [9.17, 15) is 4.79 Å². The molecule has 0 saturated heterocycles. The number of thiophene rings is 1. The minimum atomic E-state index is 0.107. The number of benzene rings is 1. The first kappa shape index (κ1) is 14.6. The molecule has 21 heavy (non-hydrogen) atoms. The first-order valence-electron chi connectivity index (χ1n) is 6.42. The molecule has 0 N–H and O–H groups in total. The molecule has 0 fully saturated rings. The van der Waals surface area contributed by atoms with Crippen LogP contribution >= 0.6 is 38.6 Å². The number of Topliss-reactive ketones (excluding diaryl/α,β-unsaturated/α-hetero) is 1. The number of hydrogen-bond acceptors (Lipinski definition) is 4. The van der Waals surface area contributed by atoms with Crippen molar-refractivity contribution in [3.63, 3.8) is 0 Å². The van der Waals surface area contributed by atoms with Gasteiger partial charge in [0.25, 0.3) is 0 Å². The second-order valence-electron chi connectivity index (χ2n) is 4.62. The van der Waals surface area contributed by atoms with Gasteiger partial charge in [0.15, 0.2) is 5.78 Å². The average Bonchev–Trinajstić information content (AvgIpc) is 3.07. The molecular weight excluding hydrogens is 366 g/mol. The summed E-state index contributed by atoms with van der Waals surface area (Å²) in [6.45, 7) is 2.08. The quantitative estimate of drug-likeness (QED) is 0.572. The zero-order chi connectivity index (χ0) is 14.8. The summed E-state index contributed by atoms with van der Waals surface area (Å²) >= 11 is 6.82. The molecule has 2 aromatic heterocycles. The van der Waals surface area contributed by atoms with Crippen LogP contribution in [0.3, 0.4) is 0 Å². The molecule has 0 aliphatic carbocycles. The lowest BCUT2D eigenvalue weighted by molar-refractivity contribution is 0.0992. The molecule has 0 aliphatic heterocycles. The molecule has 0 radical (unpaired) electrons. The van der Waals surface area contributed by atoms with Crippen molar-refractivity contribution in [2.45, 2.75) is 13.3 Å². The Kier molecular flexibility index (Phi) is 4.33. The first-order valence-corrected chi connectivity index (χ1v) is 8.91. The van der Waals surface area contributed by atoms with E-state index in [1.165, 1.54) is 4.88 Å². The van der Waals surface area contributed by atoms with Crippen LogP contribution in [0.15, 0.2) is 46.3 Å². The molecule has 1 aromatic carbocycles. The molecule has 0 aliphatic rings. The molecule has 2 heterocycles. The highest BCUT2D eigenvalue weighted by molar-refractivity contribution is 9.10. The van der Waals surface area contributed by atoms with Crippen molar-refractivity contribution in [3.8, 4) is 9.88 Å². The third-order valence-corrected chi connectivity index (χ3v) is 6.25. The van der Waals surface area contributed by atoms with E-state index in [-0.39, 0.29) is 5.78 Å². The van der Waals surface area contributed by atoms with Crippen LogP contribution in [-0.4, -0.2) is 10.8 Å². The lowest BCUT2D eigenvalue weighted by Gasteiger charge is -1.97. The maximum absolute atomic E-state index is 12.2. The third-order valence-electron chi connectivity index (χ3n) is 3.06. The van der Waals surface area contributed by atoms with Crippen LogP contribution in [0.5, 0.6) is 0 Å². The Bertz CT molecular complexity index is 757. The zero-order valence-corrected chi connectivity index (χ0v) is 14.5. The smallest absolute Gasteiger partial charge is 0.168 e. The van der Waals surface area contributed by atoms with Gasteiger partial charge in [-0.2, -0.15) is 0 Å². The second kappa shape index (κ2) is 6.22. The maximum Gasteiger partial charge on any atom is 0.168 e. The van der Waals surface area contributed by atoms with Gasteiger partial charge in [-0.15, -0.1) is 22.7 Å². The molecule has 106 valence electrons. The van der Waals surface area contributed by atoms with E-state index in [4.69, 9.17) is 0 Å². The van der Waals surface area contributed by atoms with Gasteiger partial charge in [0.05, 0.1) is 17.0 Å². The Hall–Kier alpha value is -1.30. The van der Waals surface area contributed by atoms with Crippen molar-refractivity contribution in [1.82, 2.24) is 4.98 Å². The van der Waals surface area contributed by atoms with Crippen LogP contribution in [0.4, 0.5) is 0 Å². The van der Waals surface area contributed by atoms with Crippen molar-refractivity contribution in [1.29, 1.82) is 0 Å². The highest BCUT2D eigenvalue weighted by Gasteiger charge is 2.12. The minimum absolute atomic E-state index is 0.107. The molecule has 0 saturated carbocycles. The fourth-order valence-corrected chi connectivity index (χ4v) is 4.37. The highest BCUT2D eigenvalue weighted by Crippen LogP contribution is 2.35. The summed E-state index contributed by atoms with van der Waals surface area (Å²) in [6, 6.07) is 11.4. The van der Waals surface area contributed by atoms with E-state index in [1.807, 2.05) is 35.7 Å². The summed E-state index contributed by atoms with van der Waals surface area (Å²) < 4.78 is 1.11. The summed E-state index contributed by atoms with van der Waals surface area (Å²) in [7, 11) is 0. The Morgan fingerprint density at radius 3 is 2.71 bits per heavy atom. The van der Waals surface area contributed by atoms with Gasteiger partial charge in [-0.25, -0.2) is 4.98 Å². The van der Waals surface area contributed by atoms with Crippen LogP contribution < -0.4 is 0 Å². The van der Waals surface area contributed by atoms with Gasteiger partial charge in [-0.3, -0.25) is 4.79 Å². The van der Waals surface area contributed by atoms with Crippen molar-refractivity contribution >= 4 is 44.4 Å². The number of aryl methyl sites for hydroxylation is 1. The van der Waals surface area contributed by atoms with Crippen molar-refractivity contribution in [3.05, 3.63) is 62.4 Å². The predicted molar refractivity (Wildman–Crippen MR) is 92.3 cm³/mol. The topological polar surface area (TPSA) is 30.0 Å². The summed E-state index contributed by atoms with van der Waals surface area (Å²) in [5.41, 5.74) is 1.58. The van der Waals surface area contributed by atoms with Gasteiger partial charge in [-0.05, 0) is 28.9 Å². The van der Waals surface area contributed by atoms with Crippen molar-refractivity contribution in [2.24, 2.45) is 0 Å². The number of carbonyl (C=O) groups excluding carboxylic acids is 1. The number of thiazole rings is 1. The number of carbonyl (C=O) groups is 1. The molecule has 0 bridgehead atoms. The molecule has 5 heteroatoms. The van der Waals surface area contributed by atoms with E-state index < -0.39 is 0 Å². The number of aromatic nitrogens is 1. The van der Waals surface area contributed by atoms with E-state index in [2.05, 4.69) is 33.9 Å². The zero-order valence-electron chi connectivity index (χ0n) is 11.3. The SMILES string of the molecule is Cc1sc(-c2nc(CC(=O)c3ccccc3)cs2)cc1Br. The van der Waals surface area contributed by atoms with E-state index in [0.717, 1.165) is 25.6 Å². The van der Waals surface area contributed by atoms with Gasteiger partial charge >= 0.3 is 0 Å². The summed E-state index contributed by atoms with van der Waals surface area (Å²) in [5.74, 6) is 0.107. The lowest BCUT2D eigenvalue weighted by atomic mass is 10.1. The number of nitrogens with zero attached hydrogens (tertiary/aromatic N) is 1. The highest BCUT2D eigenvalue weighted by atomic mass is 79.9. The van der Waals surface area contributed by atoms with Crippen LogP contribution in [0, 0.1) is 6.92 Å².